The van der Waals surface area contributed by atoms with Crippen LogP contribution in [0.5, 0.6) is 0 Å². The summed E-state index contributed by atoms with van der Waals surface area (Å²) in [5.41, 5.74) is 0. The van der Waals surface area contributed by atoms with Crippen LogP contribution in [0.15, 0.2) is 11.3 Å². The minimum atomic E-state index is -1.57. The predicted octanol–water partition coefficient (Wildman–Crippen LogP) is 3.93. The Morgan fingerprint density at radius 3 is 2.29 bits per heavy atom. The first-order chi connectivity index (χ1) is 7.95. The van der Waals surface area contributed by atoms with Crippen LogP contribution < -0.4 is 0 Å². The molecule has 1 rings (SSSR count). The molecule has 0 bridgehead atoms. The van der Waals surface area contributed by atoms with E-state index in [-0.39, 0.29) is 5.97 Å². The summed E-state index contributed by atoms with van der Waals surface area (Å²) in [5.74, 6) is 0.680. The van der Waals surface area contributed by atoms with Gasteiger partial charge in [-0.2, -0.15) is 0 Å². The Hall–Kier alpha value is -0.573. The van der Waals surface area contributed by atoms with Gasteiger partial charge >= 0.3 is 5.97 Å². The van der Waals surface area contributed by atoms with Gasteiger partial charge in [-0.3, -0.25) is 0 Å². The van der Waals surface area contributed by atoms with Gasteiger partial charge in [0.15, 0.2) is 0 Å². The standard InChI is InChI=1S/C14H26O2Si/c1-16-14(15)13(17(2,3)4)11-10-12-8-6-5-7-9-12/h11-12H,5-10H2,1-4H3/b13-11-. The lowest BCUT2D eigenvalue weighted by molar-refractivity contribution is -0.135. The Bertz CT molecular complexity index is 283. The second-order valence-corrected chi connectivity index (χ2v) is 11.1. The Balaban J connectivity index is 2.65. The van der Waals surface area contributed by atoms with Gasteiger partial charge in [0.1, 0.15) is 0 Å². The summed E-state index contributed by atoms with van der Waals surface area (Å²) in [5, 5.41) is 0.963. The molecule has 2 nitrogen and oxygen atoms in total. The monoisotopic (exact) mass is 254 g/mol. The van der Waals surface area contributed by atoms with Crippen LogP contribution in [-0.2, 0) is 9.53 Å². The fourth-order valence-corrected chi connectivity index (χ4v) is 3.96. The molecule has 1 aliphatic rings. The molecule has 1 fully saturated rings. The van der Waals surface area contributed by atoms with Crippen molar-refractivity contribution in [1.82, 2.24) is 0 Å². The van der Waals surface area contributed by atoms with Gasteiger partial charge in [-0.05, 0) is 12.3 Å². The van der Waals surface area contributed by atoms with Crippen LogP contribution in [0, 0.1) is 5.92 Å². The topological polar surface area (TPSA) is 26.3 Å². The maximum absolute atomic E-state index is 11.8. The molecule has 0 aliphatic heterocycles. The maximum Gasteiger partial charge on any atom is 0.329 e. The molecule has 0 aromatic heterocycles. The van der Waals surface area contributed by atoms with Crippen molar-refractivity contribution in [3.63, 3.8) is 0 Å². The molecule has 0 aromatic rings. The lowest BCUT2D eigenvalue weighted by Gasteiger charge is -2.23. The molecule has 0 N–H and O–H groups in total. The highest BCUT2D eigenvalue weighted by molar-refractivity contribution is 6.87. The Morgan fingerprint density at radius 2 is 1.82 bits per heavy atom. The molecule has 0 spiro atoms. The van der Waals surface area contributed by atoms with E-state index in [0.29, 0.717) is 0 Å². The van der Waals surface area contributed by atoms with Crippen molar-refractivity contribution in [3.8, 4) is 0 Å². The first-order valence-corrected chi connectivity index (χ1v) is 10.2. The molecule has 0 aromatic carbocycles. The molecule has 1 aliphatic carbocycles. The lowest BCUT2D eigenvalue weighted by Crippen LogP contribution is -2.30. The molecule has 1 saturated carbocycles. The van der Waals surface area contributed by atoms with Crippen LogP contribution in [0.2, 0.25) is 19.6 Å². The minimum Gasteiger partial charge on any atom is -0.466 e. The molecule has 98 valence electrons. The van der Waals surface area contributed by atoms with Crippen molar-refractivity contribution < 1.29 is 9.53 Å². The van der Waals surface area contributed by atoms with Crippen molar-refractivity contribution >= 4 is 14.0 Å². The normalized spacial score (nSPS) is 19.2. The van der Waals surface area contributed by atoms with Gasteiger partial charge in [0, 0.05) is 5.20 Å². The molecule has 0 radical (unpaired) electrons. The first-order valence-electron chi connectivity index (χ1n) is 6.74. The van der Waals surface area contributed by atoms with E-state index in [9.17, 15) is 4.79 Å². The highest BCUT2D eigenvalue weighted by Gasteiger charge is 2.26. The SMILES string of the molecule is COC(=O)/C(=C/CC1CCCCC1)[Si](C)(C)C. The van der Waals surface area contributed by atoms with Crippen LogP contribution >= 0.6 is 0 Å². The summed E-state index contributed by atoms with van der Waals surface area (Å²) < 4.78 is 4.91. The van der Waals surface area contributed by atoms with E-state index in [4.69, 9.17) is 4.74 Å². The molecule has 0 amide bonds. The molecule has 17 heavy (non-hydrogen) atoms. The molecule has 0 saturated heterocycles. The average Bonchev–Trinajstić information content (AvgIpc) is 2.28. The van der Waals surface area contributed by atoms with Gasteiger partial charge < -0.3 is 4.74 Å². The third-order valence-corrected chi connectivity index (χ3v) is 5.62. The summed E-state index contributed by atoms with van der Waals surface area (Å²) in [6.07, 6.45) is 10.0. The van der Waals surface area contributed by atoms with Crippen LogP contribution in [-0.4, -0.2) is 21.2 Å². The Morgan fingerprint density at radius 1 is 1.24 bits per heavy atom. The number of ether oxygens (including phenoxy) is 1. The van der Waals surface area contributed by atoms with E-state index >= 15 is 0 Å². The zero-order valence-corrected chi connectivity index (χ0v) is 12.7. The van der Waals surface area contributed by atoms with Crippen LogP contribution in [0.4, 0.5) is 0 Å². The van der Waals surface area contributed by atoms with Crippen molar-refractivity contribution in [2.24, 2.45) is 5.92 Å². The van der Waals surface area contributed by atoms with Crippen molar-refractivity contribution in [3.05, 3.63) is 11.3 Å². The number of methoxy groups -OCH3 is 1. The van der Waals surface area contributed by atoms with Crippen LogP contribution in [0.1, 0.15) is 38.5 Å². The highest BCUT2D eigenvalue weighted by Crippen LogP contribution is 2.28. The molecule has 3 heteroatoms. The molecule has 0 atom stereocenters. The number of hydrogen-bond acceptors (Lipinski definition) is 2. The number of allylic oxidation sites excluding steroid dienone is 1. The van der Waals surface area contributed by atoms with E-state index in [2.05, 4.69) is 25.7 Å². The number of esters is 1. The number of hydrogen-bond donors (Lipinski definition) is 0. The Kier molecular flexibility index (Phi) is 5.44. The van der Waals surface area contributed by atoms with E-state index in [1.54, 1.807) is 0 Å². The second kappa shape index (κ2) is 6.38. The predicted molar refractivity (Wildman–Crippen MR) is 74.6 cm³/mol. The van der Waals surface area contributed by atoms with Gasteiger partial charge in [0.05, 0.1) is 15.2 Å². The summed E-state index contributed by atoms with van der Waals surface area (Å²) in [7, 11) is -0.0856. The molecule has 0 heterocycles. The van der Waals surface area contributed by atoms with Gasteiger partial charge in [0.2, 0.25) is 0 Å². The van der Waals surface area contributed by atoms with Crippen molar-refractivity contribution in [2.45, 2.75) is 58.2 Å². The maximum atomic E-state index is 11.8. The van der Waals surface area contributed by atoms with Gasteiger partial charge in [-0.15, -0.1) is 0 Å². The zero-order chi connectivity index (χ0) is 12.9. The first kappa shape index (κ1) is 14.5. The number of carbonyl (C=O) groups excluding carboxylic acids is 1. The summed E-state index contributed by atoms with van der Waals surface area (Å²) in [6, 6.07) is 0. The number of rotatable bonds is 4. The Labute approximate surface area is 106 Å². The third-order valence-electron chi connectivity index (χ3n) is 3.59. The largest absolute Gasteiger partial charge is 0.466 e. The highest BCUT2D eigenvalue weighted by atomic mass is 28.3. The molecule has 0 unspecified atom stereocenters. The average molecular weight is 254 g/mol. The van der Waals surface area contributed by atoms with Gasteiger partial charge in [0.25, 0.3) is 0 Å². The minimum absolute atomic E-state index is 0.111. The van der Waals surface area contributed by atoms with Crippen LogP contribution in [0.25, 0.3) is 0 Å². The fraction of sp³-hybridized carbons (Fsp3) is 0.786. The number of carbonyl (C=O) groups is 1. The van der Waals surface area contributed by atoms with Crippen LogP contribution in [0.3, 0.4) is 0 Å². The van der Waals surface area contributed by atoms with E-state index in [0.717, 1.165) is 17.5 Å². The smallest absolute Gasteiger partial charge is 0.329 e. The summed E-state index contributed by atoms with van der Waals surface area (Å²) in [4.78, 5) is 11.8. The quantitative estimate of drug-likeness (QED) is 0.431. The fourth-order valence-electron chi connectivity index (χ4n) is 2.51. The van der Waals surface area contributed by atoms with E-state index < -0.39 is 8.07 Å². The van der Waals surface area contributed by atoms with E-state index in [1.807, 2.05) is 0 Å². The zero-order valence-electron chi connectivity index (χ0n) is 11.7. The van der Waals surface area contributed by atoms with Crippen molar-refractivity contribution in [2.75, 3.05) is 7.11 Å². The molecular weight excluding hydrogens is 228 g/mol. The summed E-state index contributed by atoms with van der Waals surface area (Å²) in [6.45, 7) is 6.61. The van der Waals surface area contributed by atoms with Crippen molar-refractivity contribution in [1.29, 1.82) is 0 Å². The molecular formula is C14H26O2Si. The van der Waals surface area contributed by atoms with Gasteiger partial charge in [-0.25, -0.2) is 4.79 Å². The van der Waals surface area contributed by atoms with E-state index in [1.165, 1.54) is 39.2 Å². The lowest BCUT2D eigenvalue weighted by atomic mass is 9.87. The second-order valence-electron chi connectivity index (χ2n) is 6.10. The van der Waals surface area contributed by atoms with Gasteiger partial charge in [-0.1, -0.05) is 57.8 Å². The third kappa shape index (κ3) is 4.66. The summed E-state index contributed by atoms with van der Waals surface area (Å²) >= 11 is 0.